The molecule has 3 atom stereocenters. The van der Waals surface area contributed by atoms with E-state index in [4.69, 9.17) is 14.6 Å². The highest BCUT2D eigenvalue weighted by Gasteiger charge is 2.42. The molecule has 3 heterocycles. The molecule has 3 aliphatic rings. The highest BCUT2D eigenvalue weighted by Crippen LogP contribution is 2.38. The molecular weight excluding hydrogens is 449 g/mol. The van der Waals surface area contributed by atoms with Crippen LogP contribution in [0.25, 0.3) is 0 Å². The highest BCUT2D eigenvalue weighted by atomic mass is 19.1. The van der Waals surface area contributed by atoms with Crippen LogP contribution >= 0.6 is 0 Å². The molecule has 35 heavy (non-hydrogen) atoms. The zero-order chi connectivity index (χ0) is 24.9. The van der Waals surface area contributed by atoms with Crippen LogP contribution < -0.4 is 19.7 Å². The van der Waals surface area contributed by atoms with Crippen LogP contribution in [0.15, 0.2) is 35.4 Å². The van der Waals surface area contributed by atoms with Crippen LogP contribution in [0.4, 0.5) is 14.9 Å². The number of carbonyl (C=O) groups is 1. The molecule has 0 saturated carbocycles. The summed E-state index contributed by atoms with van der Waals surface area (Å²) in [4.78, 5) is 17.3. The summed E-state index contributed by atoms with van der Waals surface area (Å²) in [5, 5.41) is 8.96. The van der Waals surface area contributed by atoms with E-state index in [0.29, 0.717) is 41.4 Å². The predicted octanol–water partition coefficient (Wildman–Crippen LogP) is 3.07. The molecule has 9 heteroatoms. The number of urea groups is 1. The second-order valence-corrected chi connectivity index (χ2v) is 9.57. The number of halogens is 1. The standard InChI is InChI=1S/C26H32FN5O3/c1-15-8-17-10-23(34-4)24(35-5)12-20(17)25(29-32(15)26(33)28-2)16-6-7-21(27)22(9-16)31-14-18-11-19(31)13-30(18)3/h6-7,9-10,12,15,18-19H,8,11,13-14H2,1-5H3,(H,28,33)/t15?,18-,19+/m1/s1. The Bertz CT molecular complexity index is 1180. The molecule has 0 spiro atoms. The molecule has 2 bridgehead atoms. The molecule has 0 radical (unpaired) electrons. The Labute approximate surface area is 205 Å². The van der Waals surface area contributed by atoms with Crippen molar-refractivity contribution in [2.24, 2.45) is 5.10 Å². The largest absolute Gasteiger partial charge is 0.493 e. The van der Waals surface area contributed by atoms with E-state index >= 15 is 4.39 Å². The number of likely N-dealkylation sites (tertiary alicyclic amines) is 1. The third kappa shape index (κ3) is 3.97. The first-order valence-electron chi connectivity index (χ1n) is 12.0. The van der Waals surface area contributed by atoms with Gasteiger partial charge in [0.15, 0.2) is 11.5 Å². The van der Waals surface area contributed by atoms with E-state index in [-0.39, 0.29) is 17.9 Å². The molecule has 2 saturated heterocycles. The number of hydrazone groups is 1. The topological polar surface area (TPSA) is 69.6 Å². The van der Waals surface area contributed by atoms with Crippen LogP contribution in [-0.2, 0) is 6.42 Å². The average Bonchev–Trinajstić information content (AvgIpc) is 3.40. The van der Waals surface area contributed by atoms with Crippen LogP contribution in [0.3, 0.4) is 0 Å². The van der Waals surface area contributed by atoms with Gasteiger partial charge in [0.05, 0.1) is 31.7 Å². The van der Waals surface area contributed by atoms with Crippen molar-refractivity contribution in [3.63, 3.8) is 0 Å². The van der Waals surface area contributed by atoms with E-state index in [9.17, 15) is 4.79 Å². The third-order valence-corrected chi connectivity index (χ3v) is 7.47. The van der Waals surface area contributed by atoms with Gasteiger partial charge in [0.2, 0.25) is 0 Å². The minimum Gasteiger partial charge on any atom is -0.493 e. The van der Waals surface area contributed by atoms with E-state index in [1.807, 2.05) is 25.1 Å². The van der Waals surface area contributed by atoms with Gasteiger partial charge in [-0.2, -0.15) is 5.10 Å². The van der Waals surface area contributed by atoms with Crippen molar-refractivity contribution in [2.45, 2.75) is 37.9 Å². The summed E-state index contributed by atoms with van der Waals surface area (Å²) in [6.07, 6.45) is 1.62. The van der Waals surface area contributed by atoms with Crippen molar-refractivity contribution in [2.75, 3.05) is 46.3 Å². The summed E-state index contributed by atoms with van der Waals surface area (Å²) >= 11 is 0. The lowest BCUT2D eigenvalue weighted by atomic mass is 9.93. The Balaban J connectivity index is 1.65. The number of likely N-dealkylation sites (N-methyl/N-ethyl adjacent to an activating group) is 1. The van der Waals surface area contributed by atoms with Crippen LogP contribution in [0.5, 0.6) is 11.5 Å². The van der Waals surface area contributed by atoms with Gasteiger partial charge in [-0.1, -0.05) is 0 Å². The first-order chi connectivity index (χ1) is 16.8. The number of nitrogens with one attached hydrogen (secondary N) is 1. The van der Waals surface area contributed by atoms with E-state index in [1.165, 1.54) is 11.1 Å². The number of carbonyl (C=O) groups excluding carboxylic acids is 1. The molecule has 3 aliphatic heterocycles. The van der Waals surface area contributed by atoms with Crippen LogP contribution in [0, 0.1) is 5.82 Å². The number of fused-ring (bicyclic) bond motifs is 3. The number of ether oxygens (including phenoxy) is 2. The van der Waals surface area contributed by atoms with Gasteiger partial charge in [-0.05, 0) is 62.7 Å². The van der Waals surface area contributed by atoms with Gasteiger partial charge < -0.3 is 19.7 Å². The summed E-state index contributed by atoms with van der Waals surface area (Å²) in [7, 11) is 6.90. The Morgan fingerprint density at radius 3 is 2.49 bits per heavy atom. The number of hydrogen-bond donors (Lipinski definition) is 1. The molecule has 5 rings (SSSR count). The van der Waals surface area contributed by atoms with Gasteiger partial charge in [-0.15, -0.1) is 0 Å². The number of nitrogens with zero attached hydrogens (tertiary/aromatic N) is 4. The van der Waals surface area contributed by atoms with E-state index in [0.717, 1.165) is 36.2 Å². The predicted molar refractivity (Wildman–Crippen MR) is 133 cm³/mol. The lowest BCUT2D eigenvalue weighted by molar-refractivity contribution is 0.184. The van der Waals surface area contributed by atoms with Gasteiger partial charge in [0.1, 0.15) is 5.82 Å². The van der Waals surface area contributed by atoms with E-state index in [1.54, 1.807) is 27.3 Å². The number of benzene rings is 2. The van der Waals surface area contributed by atoms with Crippen molar-refractivity contribution >= 4 is 17.4 Å². The average molecular weight is 482 g/mol. The van der Waals surface area contributed by atoms with Crippen LogP contribution in [0.2, 0.25) is 0 Å². The fraction of sp³-hybridized carbons (Fsp3) is 0.462. The molecule has 0 aliphatic carbocycles. The van der Waals surface area contributed by atoms with Gasteiger partial charge in [-0.3, -0.25) is 4.90 Å². The molecule has 0 aromatic heterocycles. The van der Waals surface area contributed by atoms with Gasteiger partial charge in [0.25, 0.3) is 0 Å². The van der Waals surface area contributed by atoms with Gasteiger partial charge in [-0.25, -0.2) is 14.2 Å². The summed E-state index contributed by atoms with van der Waals surface area (Å²) in [5.41, 5.74) is 3.73. The first kappa shape index (κ1) is 23.4. The summed E-state index contributed by atoms with van der Waals surface area (Å²) in [5.74, 6) is 0.938. The Morgan fingerprint density at radius 1 is 1.11 bits per heavy atom. The van der Waals surface area contributed by atoms with Crippen LogP contribution in [0.1, 0.15) is 30.0 Å². The minimum absolute atomic E-state index is 0.200. The molecule has 186 valence electrons. The molecule has 2 fully saturated rings. The summed E-state index contributed by atoms with van der Waals surface area (Å²) in [6, 6.07) is 9.17. The molecule has 8 nitrogen and oxygen atoms in total. The molecule has 2 aromatic carbocycles. The second-order valence-electron chi connectivity index (χ2n) is 9.57. The van der Waals surface area contributed by atoms with Crippen molar-refractivity contribution in [3.8, 4) is 11.5 Å². The number of hydrogen-bond acceptors (Lipinski definition) is 6. The molecule has 1 unspecified atom stereocenters. The lowest BCUT2D eigenvalue weighted by Gasteiger charge is -2.34. The zero-order valence-electron chi connectivity index (χ0n) is 20.8. The van der Waals surface area contributed by atoms with Crippen molar-refractivity contribution in [3.05, 3.63) is 52.8 Å². The van der Waals surface area contributed by atoms with Gasteiger partial charge >= 0.3 is 6.03 Å². The molecule has 2 amide bonds. The normalized spacial score (nSPS) is 23.6. The van der Waals surface area contributed by atoms with E-state index in [2.05, 4.69) is 22.2 Å². The van der Waals surface area contributed by atoms with Crippen molar-refractivity contribution < 1.29 is 18.7 Å². The number of rotatable bonds is 4. The Morgan fingerprint density at radius 2 is 1.86 bits per heavy atom. The zero-order valence-corrected chi connectivity index (χ0v) is 20.8. The third-order valence-electron chi connectivity index (χ3n) is 7.47. The van der Waals surface area contributed by atoms with Crippen molar-refractivity contribution in [1.82, 2.24) is 15.2 Å². The van der Waals surface area contributed by atoms with Crippen LogP contribution in [-0.4, -0.2) is 81.2 Å². The molecule has 1 N–H and O–H groups in total. The highest BCUT2D eigenvalue weighted by molar-refractivity contribution is 6.15. The number of amides is 2. The number of anilines is 1. The Hall–Kier alpha value is -3.33. The summed E-state index contributed by atoms with van der Waals surface area (Å²) < 4.78 is 26.2. The maximum absolute atomic E-state index is 15.1. The maximum atomic E-state index is 15.1. The summed E-state index contributed by atoms with van der Waals surface area (Å²) in [6.45, 7) is 3.68. The smallest absolute Gasteiger partial charge is 0.337 e. The second kappa shape index (κ2) is 9.03. The minimum atomic E-state index is -0.302. The SMILES string of the molecule is CNC(=O)N1N=C(c2ccc(F)c(N3C[C@H]4C[C@H]3CN4C)c2)c2cc(OC)c(OC)cc2CC1C. The quantitative estimate of drug-likeness (QED) is 0.727. The number of methoxy groups -OCH3 is 2. The fourth-order valence-electron chi connectivity index (χ4n) is 5.59. The molecule has 2 aromatic rings. The Kier molecular flexibility index (Phi) is 6.04. The monoisotopic (exact) mass is 481 g/mol. The van der Waals surface area contributed by atoms with E-state index < -0.39 is 0 Å². The van der Waals surface area contributed by atoms with Gasteiger partial charge in [0, 0.05) is 43.3 Å². The lowest BCUT2D eigenvalue weighted by Crippen LogP contribution is -2.45. The van der Waals surface area contributed by atoms with Crippen molar-refractivity contribution in [1.29, 1.82) is 0 Å². The fourth-order valence-corrected chi connectivity index (χ4v) is 5.59. The first-order valence-corrected chi connectivity index (χ1v) is 12.0. The maximum Gasteiger partial charge on any atom is 0.337 e. The number of piperazine rings is 1. The molecular formula is C26H32FN5O3.